The Bertz CT molecular complexity index is 1290. The van der Waals surface area contributed by atoms with Gasteiger partial charge in [0.25, 0.3) is 5.91 Å². The van der Waals surface area contributed by atoms with Gasteiger partial charge >= 0.3 is 0 Å². The number of nitrogens with two attached hydrogens (primary N) is 1. The lowest BCUT2D eigenvalue weighted by atomic mass is 10.0. The number of nitrogen functional groups attached to an aromatic ring is 1. The lowest BCUT2D eigenvalue weighted by Crippen LogP contribution is -2.32. The van der Waals surface area contributed by atoms with E-state index in [-0.39, 0.29) is 35.7 Å². The minimum Gasteiger partial charge on any atom is -0.482 e. The van der Waals surface area contributed by atoms with Gasteiger partial charge in [0.2, 0.25) is 0 Å². The van der Waals surface area contributed by atoms with Crippen LogP contribution < -0.4 is 10.5 Å². The third-order valence-electron chi connectivity index (χ3n) is 5.70. The maximum atomic E-state index is 14.5. The summed E-state index contributed by atoms with van der Waals surface area (Å²) in [4.78, 5) is 19.0. The topological polar surface area (TPSA) is 110 Å². The quantitative estimate of drug-likeness (QED) is 0.528. The van der Waals surface area contributed by atoms with E-state index in [1.807, 2.05) is 6.07 Å². The molecule has 4 rings (SSSR count). The third-order valence-corrected chi connectivity index (χ3v) is 6.13. The van der Waals surface area contributed by atoms with Gasteiger partial charge in [-0.2, -0.15) is 10.4 Å². The number of likely N-dealkylation sites (tertiary alicyclic amines) is 1. The van der Waals surface area contributed by atoms with Gasteiger partial charge in [0.05, 0.1) is 18.3 Å². The standard InChI is InChI=1S/C23H21BrF2N6O2/c1-12(34-21-5-13(24)10-29-22(21)28)18-6-14(25)3-4-17(18)23(33)32-11-15(26)7-20(32)19-8-16(9-27)31(2)30-19/h3-6,8,10,12,15,20H,7,11H2,1-2H3,(H2,28,29)/t12-,15+,20+/m1/s1. The van der Waals surface area contributed by atoms with Crippen LogP contribution in [0.3, 0.4) is 0 Å². The smallest absolute Gasteiger partial charge is 0.254 e. The first-order valence-corrected chi connectivity index (χ1v) is 11.2. The number of nitriles is 1. The predicted octanol–water partition coefficient (Wildman–Crippen LogP) is 4.24. The first-order chi connectivity index (χ1) is 16.2. The van der Waals surface area contributed by atoms with E-state index in [0.717, 1.165) is 0 Å². The molecule has 2 aromatic heterocycles. The van der Waals surface area contributed by atoms with Gasteiger partial charge in [-0.25, -0.2) is 13.8 Å². The summed E-state index contributed by atoms with van der Waals surface area (Å²) in [5.74, 6) is -0.625. The Hall–Kier alpha value is -3.52. The number of carbonyl (C=O) groups is 1. The average Bonchev–Trinajstić information content (AvgIpc) is 3.37. The molecule has 3 heterocycles. The number of hydrogen-bond donors (Lipinski definition) is 1. The van der Waals surface area contributed by atoms with Gasteiger partial charge in [-0.15, -0.1) is 0 Å². The summed E-state index contributed by atoms with van der Waals surface area (Å²) in [6.07, 6.45) is -0.460. The number of ether oxygens (including phenoxy) is 1. The van der Waals surface area contributed by atoms with E-state index in [1.165, 1.54) is 34.0 Å². The molecule has 1 aromatic carbocycles. The number of carbonyl (C=O) groups excluding carboxylic acids is 1. The van der Waals surface area contributed by atoms with Crippen molar-refractivity contribution >= 4 is 27.7 Å². The number of halogens is 3. The molecule has 1 aliphatic heterocycles. The van der Waals surface area contributed by atoms with E-state index in [1.54, 1.807) is 26.1 Å². The van der Waals surface area contributed by atoms with Crippen LogP contribution in [0.2, 0.25) is 0 Å². The largest absolute Gasteiger partial charge is 0.482 e. The van der Waals surface area contributed by atoms with Crippen molar-refractivity contribution in [3.05, 3.63) is 69.3 Å². The molecule has 0 spiro atoms. The van der Waals surface area contributed by atoms with E-state index < -0.39 is 30.0 Å². The van der Waals surface area contributed by atoms with Gasteiger partial charge in [-0.3, -0.25) is 9.48 Å². The van der Waals surface area contributed by atoms with Gasteiger partial charge < -0.3 is 15.4 Å². The van der Waals surface area contributed by atoms with E-state index >= 15 is 0 Å². The summed E-state index contributed by atoms with van der Waals surface area (Å²) >= 11 is 3.30. The third kappa shape index (κ3) is 4.59. The van der Waals surface area contributed by atoms with Crippen molar-refractivity contribution in [1.29, 1.82) is 5.26 Å². The highest BCUT2D eigenvalue weighted by atomic mass is 79.9. The minimum absolute atomic E-state index is 0.0520. The molecule has 3 atom stereocenters. The van der Waals surface area contributed by atoms with Crippen LogP contribution in [0.4, 0.5) is 14.6 Å². The average molecular weight is 531 g/mol. The molecule has 0 saturated carbocycles. The van der Waals surface area contributed by atoms with Crippen molar-refractivity contribution in [2.75, 3.05) is 12.3 Å². The molecule has 2 N–H and O–H groups in total. The summed E-state index contributed by atoms with van der Waals surface area (Å²) in [6, 6.07) is 8.27. The summed E-state index contributed by atoms with van der Waals surface area (Å²) in [6.45, 7) is 1.51. The molecule has 3 aromatic rings. The van der Waals surface area contributed by atoms with Crippen LogP contribution in [0, 0.1) is 17.1 Å². The molecule has 1 aliphatic rings. The van der Waals surface area contributed by atoms with Crippen LogP contribution in [0.5, 0.6) is 5.75 Å². The Kier molecular flexibility index (Phi) is 6.52. The molecule has 0 bridgehead atoms. The minimum atomic E-state index is -1.26. The zero-order valence-corrected chi connectivity index (χ0v) is 20.0. The summed E-state index contributed by atoms with van der Waals surface area (Å²) in [7, 11) is 1.61. The molecule has 176 valence electrons. The van der Waals surface area contributed by atoms with Crippen molar-refractivity contribution in [3.63, 3.8) is 0 Å². The fourth-order valence-electron chi connectivity index (χ4n) is 4.05. The van der Waals surface area contributed by atoms with E-state index in [4.69, 9.17) is 10.5 Å². The number of aromatic nitrogens is 3. The molecule has 11 heteroatoms. The van der Waals surface area contributed by atoms with Gasteiger partial charge in [0.15, 0.2) is 11.6 Å². The van der Waals surface area contributed by atoms with E-state index in [2.05, 4.69) is 26.0 Å². The number of hydrogen-bond acceptors (Lipinski definition) is 6. The Morgan fingerprint density at radius 1 is 1.38 bits per heavy atom. The second-order valence-corrected chi connectivity index (χ2v) is 8.94. The van der Waals surface area contributed by atoms with Gasteiger partial charge in [-0.1, -0.05) is 0 Å². The number of pyridine rings is 1. The van der Waals surface area contributed by atoms with Crippen LogP contribution >= 0.6 is 15.9 Å². The lowest BCUT2D eigenvalue weighted by Gasteiger charge is -2.26. The van der Waals surface area contributed by atoms with Gasteiger partial charge in [0.1, 0.15) is 29.9 Å². The fraction of sp³-hybridized carbons (Fsp3) is 0.304. The summed E-state index contributed by atoms with van der Waals surface area (Å²) in [5.41, 5.74) is 7.07. The second kappa shape index (κ2) is 9.38. The monoisotopic (exact) mass is 530 g/mol. The van der Waals surface area contributed by atoms with Crippen molar-refractivity contribution in [2.24, 2.45) is 7.05 Å². The Labute approximate surface area is 203 Å². The van der Waals surface area contributed by atoms with Crippen molar-refractivity contribution in [1.82, 2.24) is 19.7 Å². The van der Waals surface area contributed by atoms with Gasteiger partial charge in [0, 0.05) is 35.3 Å². The zero-order chi connectivity index (χ0) is 24.6. The first-order valence-electron chi connectivity index (χ1n) is 10.4. The lowest BCUT2D eigenvalue weighted by molar-refractivity contribution is 0.0720. The highest BCUT2D eigenvalue weighted by molar-refractivity contribution is 9.10. The number of rotatable bonds is 5. The molecule has 34 heavy (non-hydrogen) atoms. The summed E-state index contributed by atoms with van der Waals surface area (Å²) < 4.78 is 36.6. The first kappa shape index (κ1) is 23.6. The van der Waals surface area contributed by atoms with E-state index in [0.29, 0.717) is 15.9 Å². The molecule has 0 aliphatic carbocycles. The Balaban J connectivity index is 1.67. The molecule has 1 saturated heterocycles. The Morgan fingerprint density at radius 3 is 2.85 bits per heavy atom. The number of alkyl halides is 1. The van der Waals surface area contributed by atoms with Crippen molar-refractivity contribution < 1.29 is 18.3 Å². The molecular formula is C23H21BrF2N6O2. The van der Waals surface area contributed by atoms with Crippen LogP contribution in [-0.4, -0.2) is 38.3 Å². The van der Waals surface area contributed by atoms with Gasteiger partial charge in [-0.05, 0) is 53.2 Å². The molecule has 1 amide bonds. The second-order valence-electron chi connectivity index (χ2n) is 8.02. The fourth-order valence-corrected chi connectivity index (χ4v) is 4.36. The number of benzene rings is 1. The SMILES string of the molecule is C[C@@H](Oc1cc(Br)cnc1N)c1cc(F)ccc1C(=O)N1C[C@@H](F)C[C@H]1c1cc(C#N)n(C)n1. The summed E-state index contributed by atoms with van der Waals surface area (Å²) in [5, 5.41) is 13.5. The number of nitrogens with zero attached hydrogens (tertiary/aromatic N) is 5. The van der Waals surface area contributed by atoms with Crippen molar-refractivity contribution in [3.8, 4) is 11.8 Å². The van der Waals surface area contributed by atoms with Crippen molar-refractivity contribution in [2.45, 2.75) is 31.7 Å². The predicted molar refractivity (Wildman–Crippen MR) is 123 cm³/mol. The molecule has 0 unspecified atom stereocenters. The maximum Gasteiger partial charge on any atom is 0.254 e. The molecular weight excluding hydrogens is 510 g/mol. The highest BCUT2D eigenvalue weighted by Gasteiger charge is 2.39. The van der Waals surface area contributed by atoms with Crippen LogP contribution in [0.25, 0.3) is 0 Å². The normalized spacial score (nSPS) is 18.5. The Morgan fingerprint density at radius 2 is 2.15 bits per heavy atom. The maximum absolute atomic E-state index is 14.5. The highest BCUT2D eigenvalue weighted by Crippen LogP contribution is 2.36. The van der Waals surface area contributed by atoms with E-state index in [9.17, 15) is 18.8 Å². The molecule has 0 radical (unpaired) electrons. The van der Waals surface area contributed by atoms with Crippen LogP contribution in [0.15, 0.2) is 41.0 Å². The number of amides is 1. The number of anilines is 1. The van der Waals surface area contributed by atoms with Crippen LogP contribution in [0.1, 0.15) is 52.8 Å². The number of aryl methyl sites for hydroxylation is 1. The molecule has 8 nitrogen and oxygen atoms in total. The zero-order valence-electron chi connectivity index (χ0n) is 18.4. The van der Waals surface area contributed by atoms with Crippen LogP contribution in [-0.2, 0) is 7.05 Å². The molecule has 1 fully saturated rings.